The minimum atomic E-state index is -0.445. The minimum absolute atomic E-state index is 0.198. The Labute approximate surface area is 121 Å². The molecule has 7 heteroatoms. The van der Waals surface area contributed by atoms with Gasteiger partial charge in [-0.1, -0.05) is 6.07 Å². The molecule has 0 saturated heterocycles. The summed E-state index contributed by atoms with van der Waals surface area (Å²) in [6.07, 6.45) is 1.43. The van der Waals surface area contributed by atoms with Gasteiger partial charge in [0.1, 0.15) is 23.2 Å². The number of carbonyl (C=O) groups excluding carboxylic acids is 1. The summed E-state index contributed by atoms with van der Waals surface area (Å²) in [5.41, 5.74) is 3.83. The Balaban J connectivity index is 2.29. The Morgan fingerprint density at radius 2 is 2.19 bits per heavy atom. The van der Waals surface area contributed by atoms with Crippen molar-refractivity contribution in [1.82, 2.24) is 4.98 Å². The molecule has 0 radical (unpaired) electrons. The Hall–Kier alpha value is -3.11. The molecule has 2 aromatic rings. The molecule has 0 saturated carbocycles. The van der Waals surface area contributed by atoms with Crippen molar-refractivity contribution in [3.8, 4) is 11.8 Å². The van der Waals surface area contributed by atoms with Gasteiger partial charge in [0, 0.05) is 0 Å². The number of rotatable bonds is 4. The maximum absolute atomic E-state index is 12.2. The van der Waals surface area contributed by atoms with Gasteiger partial charge >= 0.3 is 0 Å². The third kappa shape index (κ3) is 3.08. The molecule has 2 rings (SSSR count). The number of hydrogen-bond acceptors (Lipinski definition) is 6. The van der Waals surface area contributed by atoms with E-state index in [9.17, 15) is 4.79 Å². The van der Waals surface area contributed by atoms with Crippen molar-refractivity contribution in [2.24, 2.45) is 5.84 Å². The van der Waals surface area contributed by atoms with Crippen LogP contribution in [0.15, 0.2) is 36.5 Å². The lowest BCUT2D eigenvalue weighted by Gasteiger charge is -2.11. The van der Waals surface area contributed by atoms with Crippen molar-refractivity contribution < 1.29 is 9.53 Å². The van der Waals surface area contributed by atoms with Crippen LogP contribution in [0.5, 0.6) is 5.75 Å². The lowest BCUT2D eigenvalue weighted by atomic mass is 10.1. The number of aromatic nitrogens is 1. The van der Waals surface area contributed by atoms with Crippen LogP contribution < -0.4 is 21.3 Å². The van der Waals surface area contributed by atoms with E-state index in [1.807, 2.05) is 6.07 Å². The van der Waals surface area contributed by atoms with Gasteiger partial charge in [0.25, 0.3) is 5.91 Å². The van der Waals surface area contributed by atoms with Crippen molar-refractivity contribution in [2.75, 3.05) is 17.9 Å². The fourth-order valence-electron chi connectivity index (χ4n) is 1.71. The summed E-state index contributed by atoms with van der Waals surface area (Å²) in [6.45, 7) is 0. The van der Waals surface area contributed by atoms with E-state index in [4.69, 9.17) is 15.8 Å². The number of methoxy groups -OCH3 is 1. The predicted octanol–water partition coefficient (Wildman–Crippen LogP) is 1.50. The van der Waals surface area contributed by atoms with Crippen molar-refractivity contribution in [3.05, 3.63) is 47.8 Å². The molecule has 1 amide bonds. The number of nitrogens with two attached hydrogens (primary N) is 1. The lowest BCUT2D eigenvalue weighted by Crippen LogP contribution is -2.16. The summed E-state index contributed by atoms with van der Waals surface area (Å²) < 4.78 is 5.15. The molecule has 0 spiro atoms. The first-order valence-electron chi connectivity index (χ1n) is 6.00. The van der Waals surface area contributed by atoms with Crippen LogP contribution in [0, 0.1) is 11.3 Å². The lowest BCUT2D eigenvalue weighted by molar-refractivity contribution is 0.102. The summed E-state index contributed by atoms with van der Waals surface area (Å²) in [4.78, 5) is 16.1. The van der Waals surface area contributed by atoms with Crippen molar-refractivity contribution in [1.29, 1.82) is 5.26 Å². The van der Waals surface area contributed by atoms with Gasteiger partial charge in [-0.25, -0.2) is 4.98 Å². The fraction of sp³-hybridized carbons (Fsp3) is 0.0714. The highest BCUT2D eigenvalue weighted by Crippen LogP contribution is 2.28. The Morgan fingerprint density at radius 1 is 1.38 bits per heavy atom. The third-order valence-corrected chi connectivity index (χ3v) is 2.77. The van der Waals surface area contributed by atoms with E-state index in [0.29, 0.717) is 22.7 Å². The van der Waals surface area contributed by atoms with Crippen LogP contribution in [0.3, 0.4) is 0 Å². The zero-order valence-electron chi connectivity index (χ0n) is 11.3. The van der Waals surface area contributed by atoms with E-state index in [2.05, 4.69) is 15.7 Å². The van der Waals surface area contributed by atoms with Gasteiger partial charge in [0.15, 0.2) is 0 Å². The Kier molecular flexibility index (Phi) is 4.33. The molecule has 0 aliphatic carbocycles. The second kappa shape index (κ2) is 6.36. The van der Waals surface area contributed by atoms with E-state index in [-0.39, 0.29) is 5.69 Å². The number of pyridine rings is 1. The number of hydrogen-bond donors (Lipinski definition) is 3. The number of nitriles is 1. The minimum Gasteiger partial charge on any atom is -0.495 e. The van der Waals surface area contributed by atoms with Gasteiger partial charge in [-0.05, 0) is 24.3 Å². The summed E-state index contributed by atoms with van der Waals surface area (Å²) in [5.74, 6) is 5.19. The number of hydrazine groups is 1. The molecule has 21 heavy (non-hydrogen) atoms. The third-order valence-electron chi connectivity index (χ3n) is 2.77. The zero-order chi connectivity index (χ0) is 15.2. The van der Waals surface area contributed by atoms with Crippen LogP contribution in [0.4, 0.5) is 11.4 Å². The molecule has 1 aromatic heterocycles. The fourth-order valence-corrected chi connectivity index (χ4v) is 1.71. The maximum Gasteiger partial charge on any atom is 0.274 e. The SMILES string of the molecule is COc1cccc(C#N)c1NC(=O)c1ccc(NN)cn1. The second-order valence-corrected chi connectivity index (χ2v) is 4.03. The monoisotopic (exact) mass is 283 g/mol. The van der Waals surface area contributed by atoms with E-state index < -0.39 is 5.91 Å². The molecule has 7 nitrogen and oxygen atoms in total. The van der Waals surface area contributed by atoms with Crippen LogP contribution >= 0.6 is 0 Å². The highest BCUT2D eigenvalue weighted by atomic mass is 16.5. The van der Waals surface area contributed by atoms with Gasteiger partial charge in [0.05, 0.1) is 24.6 Å². The molecule has 1 aromatic carbocycles. The molecular weight excluding hydrogens is 270 g/mol. The van der Waals surface area contributed by atoms with Gasteiger partial charge in [0.2, 0.25) is 0 Å². The summed E-state index contributed by atoms with van der Waals surface area (Å²) in [5, 5.41) is 11.7. The number of carbonyl (C=O) groups is 1. The van der Waals surface area contributed by atoms with E-state index in [0.717, 1.165) is 0 Å². The number of amides is 1. The van der Waals surface area contributed by atoms with Crippen molar-refractivity contribution >= 4 is 17.3 Å². The van der Waals surface area contributed by atoms with Crippen molar-refractivity contribution in [2.45, 2.75) is 0 Å². The van der Waals surface area contributed by atoms with E-state index in [1.165, 1.54) is 19.4 Å². The first kappa shape index (κ1) is 14.3. The average molecular weight is 283 g/mol. The van der Waals surface area contributed by atoms with Crippen LogP contribution in [0.1, 0.15) is 16.1 Å². The first-order chi connectivity index (χ1) is 10.2. The Morgan fingerprint density at radius 3 is 2.76 bits per heavy atom. The number of nitrogens with zero attached hydrogens (tertiary/aromatic N) is 2. The molecule has 0 fully saturated rings. The smallest absolute Gasteiger partial charge is 0.274 e. The second-order valence-electron chi connectivity index (χ2n) is 4.03. The number of anilines is 2. The largest absolute Gasteiger partial charge is 0.495 e. The normalized spacial score (nSPS) is 9.57. The number of para-hydroxylation sites is 1. The zero-order valence-corrected chi connectivity index (χ0v) is 11.3. The predicted molar refractivity (Wildman–Crippen MR) is 77.7 cm³/mol. The number of nitrogens with one attached hydrogen (secondary N) is 2. The molecule has 0 aliphatic heterocycles. The number of nitrogen functional groups attached to an aromatic ring is 1. The van der Waals surface area contributed by atoms with Crippen LogP contribution in [0.25, 0.3) is 0 Å². The van der Waals surface area contributed by atoms with Crippen LogP contribution in [-0.2, 0) is 0 Å². The van der Waals surface area contributed by atoms with Gasteiger partial charge in [-0.3, -0.25) is 10.6 Å². The molecule has 0 atom stereocenters. The van der Waals surface area contributed by atoms with Crippen LogP contribution in [0.2, 0.25) is 0 Å². The van der Waals surface area contributed by atoms with E-state index >= 15 is 0 Å². The average Bonchev–Trinajstić information content (AvgIpc) is 2.55. The molecule has 4 N–H and O–H groups in total. The van der Waals surface area contributed by atoms with Gasteiger partial charge in [-0.15, -0.1) is 0 Å². The highest BCUT2D eigenvalue weighted by Gasteiger charge is 2.14. The highest BCUT2D eigenvalue weighted by molar-refractivity contribution is 6.04. The first-order valence-corrected chi connectivity index (χ1v) is 6.00. The van der Waals surface area contributed by atoms with E-state index in [1.54, 1.807) is 24.3 Å². The maximum atomic E-state index is 12.2. The Bertz CT molecular complexity index is 692. The summed E-state index contributed by atoms with van der Waals surface area (Å²) in [7, 11) is 1.46. The molecule has 0 bridgehead atoms. The standard InChI is InChI=1S/C14H13N5O2/c1-21-12-4-2-3-9(7-15)13(12)18-14(20)11-6-5-10(19-16)8-17-11/h2-6,8,19H,16H2,1H3,(H,18,20). The summed E-state index contributed by atoms with van der Waals surface area (Å²) >= 11 is 0. The molecule has 0 aliphatic rings. The quantitative estimate of drug-likeness (QED) is 0.579. The van der Waals surface area contributed by atoms with Crippen molar-refractivity contribution in [3.63, 3.8) is 0 Å². The van der Waals surface area contributed by atoms with Gasteiger partial charge in [-0.2, -0.15) is 5.26 Å². The molecule has 106 valence electrons. The topological polar surface area (TPSA) is 113 Å². The van der Waals surface area contributed by atoms with Crippen LogP contribution in [-0.4, -0.2) is 18.0 Å². The molecule has 1 heterocycles. The molecular formula is C14H13N5O2. The summed E-state index contributed by atoms with van der Waals surface area (Å²) in [6, 6.07) is 10.1. The number of benzene rings is 1. The molecule has 0 unspecified atom stereocenters. The van der Waals surface area contributed by atoms with Gasteiger partial charge < -0.3 is 15.5 Å². The number of ether oxygens (including phenoxy) is 1.